The molecular formula is C16H17F2NO2S. The van der Waals surface area contributed by atoms with Gasteiger partial charge in [0.2, 0.25) is 0 Å². The van der Waals surface area contributed by atoms with Gasteiger partial charge in [-0.05, 0) is 23.3 Å². The van der Waals surface area contributed by atoms with E-state index in [-0.39, 0.29) is 12.3 Å². The van der Waals surface area contributed by atoms with Gasteiger partial charge in [-0.3, -0.25) is 0 Å². The Balaban J connectivity index is 2.14. The van der Waals surface area contributed by atoms with E-state index in [1.807, 2.05) is 30.3 Å². The summed E-state index contributed by atoms with van der Waals surface area (Å²) in [5.74, 6) is -1.89. The topological polar surface area (TPSA) is 46.2 Å². The Hall–Kier alpha value is -1.79. The van der Waals surface area contributed by atoms with E-state index in [9.17, 15) is 17.2 Å². The standard InChI is InChI=1S/C16H17F2NO2S/c1-22(20,21)11-16(13-5-3-2-4-6-13)19-10-12-7-8-14(17)15(18)9-12/h2-9,16,19H,10-11H2,1H3/t16-/m1/s1. The highest BCUT2D eigenvalue weighted by Crippen LogP contribution is 2.16. The Morgan fingerprint density at radius 1 is 1.05 bits per heavy atom. The van der Waals surface area contributed by atoms with Crippen LogP contribution in [0, 0.1) is 11.6 Å². The summed E-state index contributed by atoms with van der Waals surface area (Å²) >= 11 is 0. The number of rotatable bonds is 6. The molecule has 118 valence electrons. The Bertz CT molecular complexity index is 733. The molecule has 2 aromatic carbocycles. The van der Waals surface area contributed by atoms with Gasteiger partial charge < -0.3 is 5.32 Å². The molecule has 0 fully saturated rings. The molecule has 0 aromatic heterocycles. The largest absolute Gasteiger partial charge is 0.305 e. The molecule has 0 bridgehead atoms. The Labute approximate surface area is 128 Å². The number of sulfone groups is 1. The Kier molecular flexibility index (Phi) is 5.26. The van der Waals surface area contributed by atoms with Crippen molar-refractivity contribution in [3.05, 3.63) is 71.3 Å². The molecule has 1 N–H and O–H groups in total. The molecule has 0 aliphatic rings. The summed E-state index contributed by atoms with van der Waals surface area (Å²) in [5.41, 5.74) is 1.38. The predicted octanol–water partition coefficient (Wildman–Crippen LogP) is 2.84. The van der Waals surface area contributed by atoms with Crippen LogP contribution in [0.2, 0.25) is 0 Å². The third kappa shape index (κ3) is 4.89. The third-order valence-electron chi connectivity index (χ3n) is 3.21. The van der Waals surface area contributed by atoms with Gasteiger partial charge in [-0.2, -0.15) is 0 Å². The van der Waals surface area contributed by atoms with Crippen molar-refractivity contribution in [1.29, 1.82) is 0 Å². The van der Waals surface area contributed by atoms with Gasteiger partial charge in [0, 0.05) is 18.8 Å². The molecule has 3 nitrogen and oxygen atoms in total. The van der Waals surface area contributed by atoms with Crippen molar-refractivity contribution in [3.63, 3.8) is 0 Å². The molecule has 0 amide bonds. The molecule has 0 unspecified atom stereocenters. The Morgan fingerprint density at radius 3 is 2.32 bits per heavy atom. The van der Waals surface area contributed by atoms with Crippen LogP contribution < -0.4 is 5.32 Å². The SMILES string of the molecule is CS(=O)(=O)C[C@@H](NCc1ccc(F)c(F)c1)c1ccccc1. The normalized spacial score (nSPS) is 13.0. The van der Waals surface area contributed by atoms with Gasteiger partial charge in [-0.15, -0.1) is 0 Å². The van der Waals surface area contributed by atoms with Crippen molar-refractivity contribution in [2.24, 2.45) is 0 Å². The molecule has 0 aliphatic carbocycles. The molecule has 1 atom stereocenters. The lowest BCUT2D eigenvalue weighted by molar-refractivity contribution is 0.503. The van der Waals surface area contributed by atoms with Gasteiger partial charge in [0.05, 0.1) is 5.75 Å². The van der Waals surface area contributed by atoms with Crippen LogP contribution in [0.4, 0.5) is 8.78 Å². The van der Waals surface area contributed by atoms with E-state index in [0.29, 0.717) is 5.56 Å². The van der Waals surface area contributed by atoms with E-state index in [1.165, 1.54) is 12.3 Å². The van der Waals surface area contributed by atoms with Crippen LogP contribution in [0.5, 0.6) is 0 Å². The van der Waals surface area contributed by atoms with Crippen molar-refractivity contribution < 1.29 is 17.2 Å². The smallest absolute Gasteiger partial charge is 0.159 e. The van der Waals surface area contributed by atoms with Crippen molar-refractivity contribution in [3.8, 4) is 0 Å². The van der Waals surface area contributed by atoms with Crippen molar-refractivity contribution in [2.75, 3.05) is 12.0 Å². The summed E-state index contributed by atoms with van der Waals surface area (Å²) < 4.78 is 49.3. The molecular weight excluding hydrogens is 308 g/mol. The number of benzene rings is 2. The second kappa shape index (κ2) is 6.98. The molecule has 2 rings (SSSR count). The second-order valence-corrected chi connectivity index (χ2v) is 7.37. The molecule has 0 spiro atoms. The molecule has 0 saturated carbocycles. The van der Waals surface area contributed by atoms with E-state index in [4.69, 9.17) is 0 Å². The van der Waals surface area contributed by atoms with E-state index in [0.717, 1.165) is 17.7 Å². The van der Waals surface area contributed by atoms with Crippen molar-refractivity contribution in [1.82, 2.24) is 5.32 Å². The molecule has 2 aromatic rings. The average molecular weight is 325 g/mol. The minimum absolute atomic E-state index is 0.0688. The van der Waals surface area contributed by atoms with Crippen LogP contribution in [-0.2, 0) is 16.4 Å². The highest BCUT2D eigenvalue weighted by Gasteiger charge is 2.17. The zero-order valence-electron chi connectivity index (χ0n) is 12.1. The fraction of sp³-hybridized carbons (Fsp3) is 0.250. The summed E-state index contributed by atoms with van der Waals surface area (Å²) in [7, 11) is -3.19. The maximum Gasteiger partial charge on any atom is 0.159 e. The van der Waals surface area contributed by atoms with Crippen LogP contribution in [0.3, 0.4) is 0 Å². The molecule has 0 aliphatic heterocycles. The fourth-order valence-electron chi connectivity index (χ4n) is 2.15. The maximum atomic E-state index is 13.2. The lowest BCUT2D eigenvalue weighted by atomic mass is 10.1. The second-order valence-electron chi connectivity index (χ2n) is 5.19. The number of hydrogen-bond acceptors (Lipinski definition) is 3. The van der Waals surface area contributed by atoms with Gasteiger partial charge in [-0.25, -0.2) is 17.2 Å². The van der Waals surface area contributed by atoms with Gasteiger partial charge in [0.15, 0.2) is 11.6 Å². The van der Waals surface area contributed by atoms with Crippen LogP contribution in [-0.4, -0.2) is 20.4 Å². The van der Waals surface area contributed by atoms with Crippen LogP contribution in [0.1, 0.15) is 17.2 Å². The first-order chi connectivity index (χ1) is 10.3. The van der Waals surface area contributed by atoms with Gasteiger partial charge in [-0.1, -0.05) is 36.4 Å². The third-order valence-corrected chi connectivity index (χ3v) is 4.15. The summed E-state index contributed by atoms with van der Waals surface area (Å²) in [4.78, 5) is 0. The first-order valence-corrected chi connectivity index (χ1v) is 8.81. The monoisotopic (exact) mass is 325 g/mol. The van der Waals surface area contributed by atoms with Crippen molar-refractivity contribution in [2.45, 2.75) is 12.6 Å². The lowest BCUT2D eigenvalue weighted by Crippen LogP contribution is -2.27. The predicted molar refractivity (Wildman–Crippen MR) is 82.1 cm³/mol. The van der Waals surface area contributed by atoms with Crippen LogP contribution in [0.25, 0.3) is 0 Å². The molecule has 0 radical (unpaired) electrons. The highest BCUT2D eigenvalue weighted by molar-refractivity contribution is 7.90. The zero-order valence-corrected chi connectivity index (χ0v) is 12.9. The van der Waals surface area contributed by atoms with Crippen LogP contribution in [0.15, 0.2) is 48.5 Å². The molecule has 22 heavy (non-hydrogen) atoms. The quantitative estimate of drug-likeness (QED) is 0.888. The van der Waals surface area contributed by atoms with E-state index < -0.39 is 27.5 Å². The lowest BCUT2D eigenvalue weighted by Gasteiger charge is -2.18. The average Bonchev–Trinajstić information content (AvgIpc) is 2.47. The minimum Gasteiger partial charge on any atom is -0.305 e. The summed E-state index contributed by atoms with van der Waals surface area (Å²) in [6.07, 6.45) is 1.17. The molecule has 6 heteroatoms. The van der Waals surface area contributed by atoms with E-state index in [1.54, 1.807) is 0 Å². The van der Waals surface area contributed by atoms with E-state index >= 15 is 0 Å². The zero-order chi connectivity index (χ0) is 16.2. The van der Waals surface area contributed by atoms with E-state index in [2.05, 4.69) is 5.32 Å². The first-order valence-electron chi connectivity index (χ1n) is 6.75. The first kappa shape index (κ1) is 16.6. The number of hydrogen-bond donors (Lipinski definition) is 1. The van der Waals surface area contributed by atoms with Gasteiger partial charge >= 0.3 is 0 Å². The number of nitrogens with one attached hydrogen (secondary N) is 1. The molecule has 0 heterocycles. The summed E-state index contributed by atoms with van der Waals surface area (Å²) in [5, 5.41) is 3.09. The van der Waals surface area contributed by atoms with Crippen LogP contribution >= 0.6 is 0 Å². The maximum absolute atomic E-state index is 13.2. The van der Waals surface area contributed by atoms with Gasteiger partial charge in [0.1, 0.15) is 9.84 Å². The minimum atomic E-state index is -3.19. The summed E-state index contributed by atoms with van der Waals surface area (Å²) in [6, 6.07) is 12.4. The fourth-order valence-corrected chi connectivity index (χ4v) is 3.07. The molecule has 0 saturated heterocycles. The summed E-state index contributed by atoms with van der Waals surface area (Å²) in [6.45, 7) is 0.242. The Morgan fingerprint density at radius 2 is 1.73 bits per heavy atom. The van der Waals surface area contributed by atoms with Crippen molar-refractivity contribution >= 4 is 9.84 Å². The number of halogens is 2. The van der Waals surface area contributed by atoms with Gasteiger partial charge in [0.25, 0.3) is 0 Å². The highest BCUT2D eigenvalue weighted by atomic mass is 32.2.